The highest BCUT2D eigenvalue weighted by atomic mass is 16.5. The molecule has 0 radical (unpaired) electrons. The van der Waals surface area contributed by atoms with E-state index in [1.807, 2.05) is 45.0 Å². The Morgan fingerprint density at radius 2 is 2.14 bits per heavy atom. The summed E-state index contributed by atoms with van der Waals surface area (Å²) in [5.41, 5.74) is 2.29. The maximum Gasteiger partial charge on any atom is 0.260 e. The van der Waals surface area contributed by atoms with Gasteiger partial charge in [0.15, 0.2) is 0 Å². The lowest BCUT2D eigenvalue weighted by molar-refractivity contribution is -0.919. The number of methoxy groups -OCH3 is 1. The highest BCUT2D eigenvalue weighted by molar-refractivity contribution is 5.30. The molecule has 2 atom stereocenters. The van der Waals surface area contributed by atoms with Crippen molar-refractivity contribution < 1.29 is 19.5 Å². The number of ether oxygens (including phenoxy) is 2. The average Bonchev–Trinajstić information content (AvgIpc) is 2.66. The van der Waals surface area contributed by atoms with E-state index in [2.05, 4.69) is 4.98 Å². The van der Waals surface area contributed by atoms with E-state index in [1.54, 1.807) is 7.11 Å². The van der Waals surface area contributed by atoms with Crippen LogP contribution in [0.3, 0.4) is 0 Å². The zero-order chi connectivity index (χ0) is 21.0. The van der Waals surface area contributed by atoms with Crippen molar-refractivity contribution in [2.75, 3.05) is 26.8 Å². The molecule has 1 aromatic heterocycles. The van der Waals surface area contributed by atoms with E-state index < -0.39 is 6.10 Å². The third-order valence-electron chi connectivity index (χ3n) is 5.03. The van der Waals surface area contributed by atoms with Gasteiger partial charge in [-0.2, -0.15) is 0 Å². The third kappa shape index (κ3) is 6.13. The minimum Gasteiger partial charge on any atom is -0.497 e. The van der Waals surface area contributed by atoms with Gasteiger partial charge in [0.25, 0.3) is 5.56 Å². The van der Waals surface area contributed by atoms with Crippen LogP contribution in [0.1, 0.15) is 43.4 Å². The number of fused-ring (bicyclic) bond motifs is 1. The number of H-pyrrole nitrogens is 1. The number of hydrogen-bond acceptors (Lipinski definition) is 5. The molecule has 0 fully saturated rings. The van der Waals surface area contributed by atoms with Crippen molar-refractivity contribution in [3.63, 3.8) is 0 Å². The van der Waals surface area contributed by atoms with Crippen LogP contribution in [0, 0.1) is 0 Å². The molecular weight excluding hydrogens is 370 g/mol. The van der Waals surface area contributed by atoms with E-state index >= 15 is 0 Å². The van der Waals surface area contributed by atoms with E-state index in [-0.39, 0.29) is 11.2 Å². The number of aromatic amines is 1. The maximum absolute atomic E-state index is 12.7. The van der Waals surface area contributed by atoms with Gasteiger partial charge in [-0.25, -0.2) is 4.98 Å². The fraction of sp³-hybridized carbons (Fsp3) is 0.545. The minimum atomic E-state index is -0.551. The van der Waals surface area contributed by atoms with E-state index in [1.165, 1.54) is 4.90 Å². The number of nitrogens with one attached hydrogen (secondary N) is 2. The molecule has 0 spiro atoms. The molecule has 29 heavy (non-hydrogen) atoms. The summed E-state index contributed by atoms with van der Waals surface area (Å²) in [4.78, 5) is 21.5. The van der Waals surface area contributed by atoms with E-state index in [0.29, 0.717) is 31.9 Å². The Kier molecular flexibility index (Phi) is 6.72. The van der Waals surface area contributed by atoms with Gasteiger partial charge in [0.2, 0.25) is 0 Å². The smallest absolute Gasteiger partial charge is 0.260 e. The van der Waals surface area contributed by atoms with Crippen molar-refractivity contribution in [2.24, 2.45) is 0 Å². The van der Waals surface area contributed by atoms with Crippen LogP contribution in [0.2, 0.25) is 0 Å². The fourth-order valence-corrected chi connectivity index (χ4v) is 3.59. The lowest BCUT2D eigenvalue weighted by Gasteiger charge is -2.28. The molecule has 3 N–H and O–H groups in total. The first-order valence-corrected chi connectivity index (χ1v) is 10.1. The average molecular weight is 403 g/mol. The van der Waals surface area contributed by atoms with Crippen LogP contribution in [0.5, 0.6) is 5.75 Å². The molecule has 7 heteroatoms. The van der Waals surface area contributed by atoms with Crippen molar-refractivity contribution in [1.82, 2.24) is 9.97 Å². The van der Waals surface area contributed by atoms with Crippen LogP contribution >= 0.6 is 0 Å². The van der Waals surface area contributed by atoms with Crippen LogP contribution in [-0.4, -0.2) is 53.6 Å². The lowest BCUT2D eigenvalue weighted by Crippen LogP contribution is -3.13. The molecule has 1 aromatic carbocycles. The highest BCUT2D eigenvalue weighted by Gasteiger charge is 2.26. The zero-order valence-corrected chi connectivity index (χ0v) is 17.7. The van der Waals surface area contributed by atoms with Gasteiger partial charge in [-0.15, -0.1) is 0 Å². The van der Waals surface area contributed by atoms with Crippen LogP contribution < -0.4 is 15.2 Å². The van der Waals surface area contributed by atoms with Crippen LogP contribution in [0.25, 0.3) is 0 Å². The topological polar surface area (TPSA) is 88.9 Å². The molecular formula is C22H32N3O4+. The predicted molar refractivity (Wildman–Crippen MR) is 110 cm³/mol. The molecule has 3 rings (SSSR count). The van der Waals surface area contributed by atoms with Crippen LogP contribution in [0.4, 0.5) is 0 Å². The van der Waals surface area contributed by atoms with E-state index in [9.17, 15) is 9.90 Å². The Hall–Kier alpha value is -2.22. The van der Waals surface area contributed by atoms with Gasteiger partial charge < -0.3 is 24.5 Å². The molecule has 1 unspecified atom stereocenters. The molecule has 0 saturated carbocycles. The predicted octanol–water partition coefficient (Wildman–Crippen LogP) is 0.486. The van der Waals surface area contributed by atoms with Crippen molar-refractivity contribution in [3.05, 3.63) is 57.3 Å². The second kappa shape index (κ2) is 9.07. The monoisotopic (exact) mass is 402 g/mol. The van der Waals surface area contributed by atoms with Crippen LogP contribution in [0.15, 0.2) is 29.1 Å². The molecule has 1 aliphatic heterocycles. The lowest BCUT2D eigenvalue weighted by atomic mass is 10.1. The minimum absolute atomic E-state index is 0.0782. The Labute approximate surface area is 171 Å². The summed E-state index contributed by atoms with van der Waals surface area (Å²) >= 11 is 0. The largest absolute Gasteiger partial charge is 0.497 e. The Balaban J connectivity index is 1.65. The summed E-state index contributed by atoms with van der Waals surface area (Å²) in [5.74, 6) is 1.46. The first kappa shape index (κ1) is 21.5. The fourth-order valence-electron chi connectivity index (χ4n) is 3.59. The first-order chi connectivity index (χ1) is 13.7. The summed E-state index contributed by atoms with van der Waals surface area (Å²) in [6, 6.07) is 7.77. The van der Waals surface area contributed by atoms with Gasteiger partial charge >= 0.3 is 0 Å². The second-order valence-electron chi connectivity index (χ2n) is 8.67. The van der Waals surface area contributed by atoms with E-state index in [0.717, 1.165) is 35.5 Å². The molecule has 0 bridgehead atoms. The quantitative estimate of drug-likeness (QED) is 0.627. The molecule has 2 aromatic rings. The summed E-state index contributed by atoms with van der Waals surface area (Å²) in [7, 11) is 1.64. The maximum atomic E-state index is 12.7. The number of aliphatic hydroxyl groups excluding tert-OH is 1. The molecule has 2 heterocycles. The first-order valence-electron chi connectivity index (χ1n) is 10.1. The Morgan fingerprint density at radius 3 is 2.86 bits per heavy atom. The summed E-state index contributed by atoms with van der Waals surface area (Å²) < 4.78 is 10.9. The molecule has 0 saturated heterocycles. The normalized spacial score (nSPS) is 17.6. The highest BCUT2D eigenvalue weighted by Crippen LogP contribution is 2.15. The van der Waals surface area contributed by atoms with Gasteiger partial charge in [-0.3, -0.25) is 4.79 Å². The van der Waals surface area contributed by atoms with Crippen molar-refractivity contribution in [1.29, 1.82) is 0 Å². The molecule has 158 valence electrons. The van der Waals surface area contributed by atoms with Gasteiger partial charge in [0.1, 0.15) is 30.8 Å². The Morgan fingerprint density at radius 1 is 1.34 bits per heavy atom. The number of aromatic nitrogens is 2. The van der Waals surface area contributed by atoms with Crippen LogP contribution in [-0.2, 0) is 24.1 Å². The van der Waals surface area contributed by atoms with Gasteiger partial charge in [0, 0.05) is 12.8 Å². The molecule has 1 aliphatic rings. The van der Waals surface area contributed by atoms with Crippen molar-refractivity contribution in [3.8, 4) is 5.75 Å². The summed E-state index contributed by atoms with van der Waals surface area (Å²) in [6.45, 7) is 8.18. The summed E-state index contributed by atoms with van der Waals surface area (Å²) in [6.07, 6.45) is 0.733. The number of nitrogens with zero attached hydrogens (tertiary/aromatic N) is 1. The number of aliphatic hydroxyl groups is 1. The zero-order valence-electron chi connectivity index (χ0n) is 17.7. The molecule has 0 amide bonds. The molecule has 0 aliphatic carbocycles. The number of rotatable bonds is 7. The van der Waals surface area contributed by atoms with Crippen molar-refractivity contribution >= 4 is 0 Å². The third-order valence-corrected chi connectivity index (χ3v) is 5.03. The molecule has 7 nitrogen and oxygen atoms in total. The van der Waals surface area contributed by atoms with Gasteiger partial charge in [0.05, 0.1) is 37.1 Å². The van der Waals surface area contributed by atoms with Gasteiger partial charge in [-0.1, -0.05) is 12.1 Å². The van der Waals surface area contributed by atoms with Crippen molar-refractivity contribution in [2.45, 2.75) is 51.9 Å². The standard InChI is InChI=1S/C22H31N3O4/c1-22(2,3)29-14-16(26)12-25-9-8-19-18(13-25)21(27)24-20(23-19)11-15-6-5-7-17(10-15)28-4/h5-7,10,16,26H,8-9,11-14H2,1-4H3,(H,23,24,27)/p+1/t16-/m1/s1. The summed E-state index contributed by atoms with van der Waals surface area (Å²) in [5, 5.41) is 10.3. The second-order valence-corrected chi connectivity index (χ2v) is 8.67. The Bertz CT molecular complexity index is 888. The number of benzene rings is 1. The number of hydrogen-bond donors (Lipinski definition) is 3. The van der Waals surface area contributed by atoms with Gasteiger partial charge in [-0.05, 0) is 38.5 Å². The van der Waals surface area contributed by atoms with E-state index in [4.69, 9.17) is 14.5 Å². The SMILES string of the molecule is COc1cccc(Cc2nc3c(c(=O)[nH]2)C[NH+](C[C@@H](O)COC(C)(C)C)CC3)c1. The number of quaternary nitrogens is 1.